The van der Waals surface area contributed by atoms with Gasteiger partial charge in [0.2, 0.25) is 5.91 Å². The van der Waals surface area contributed by atoms with E-state index < -0.39 is 18.3 Å². The van der Waals surface area contributed by atoms with Gasteiger partial charge in [-0.15, -0.1) is 0 Å². The van der Waals surface area contributed by atoms with Gasteiger partial charge in [0.25, 0.3) is 0 Å². The molecular weight excluding hydrogens is 307 g/mol. The second-order valence-electron chi connectivity index (χ2n) is 6.85. The van der Waals surface area contributed by atoms with Crippen molar-refractivity contribution in [3.8, 4) is 0 Å². The first kappa shape index (κ1) is 18.4. The number of hydrogen-bond acceptors (Lipinski definition) is 5. The van der Waals surface area contributed by atoms with E-state index in [1.807, 2.05) is 33.8 Å². The van der Waals surface area contributed by atoms with Crippen LogP contribution in [0.2, 0.25) is 0 Å². The van der Waals surface area contributed by atoms with Gasteiger partial charge in [0.15, 0.2) is 6.29 Å². The molecule has 0 aliphatic carbocycles. The molecule has 1 saturated heterocycles. The van der Waals surface area contributed by atoms with Gasteiger partial charge in [-0.25, -0.2) is 0 Å². The van der Waals surface area contributed by atoms with Crippen molar-refractivity contribution >= 4 is 25.4 Å². The molecule has 1 aromatic heterocycles. The smallest absolute Gasteiger partial charge is 0.400 e. The molecule has 1 aromatic rings. The van der Waals surface area contributed by atoms with Crippen molar-refractivity contribution in [2.45, 2.75) is 45.8 Å². The summed E-state index contributed by atoms with van der Waals surface area (Å²) in [7, 11) is -0.575. The summed E-state index contributed by atoms with van der Waals surface area (Å²) in [5.74, 6) is -0.137. The van der Waals surface area contributed by atoms with Crippen LogP contribution in [0.1, 0.15) is 50.7 Å². The van der Waals surface area contributed by atoms with Crippen LogP contribution >= 0.6 is 0 Å². The molecule has 0 atom stereocenters. The molecule has 0 unspecified atom stereocenters. The topological polar surface area (TPSA) is 77.5 Å². The summed E-state index contributed by atoms with van der Waals surface area (Å²) in [6.45, 7) is 9.64. The van der Waals surface area contributed by atoms with Gasteiger partial charge < -0.3 is 14.6 Å². The molecule has 0 bridgehead atoms. The third kappa shape index (κ3) is 4.10. The number of aldehydes is 1. The van der Waals surface area contributed by atoms with Crippen molar-refractivity contribution < 1.29 is 18.9 Å². The summed E-state index contributed by atoms with van der Waals surface area (Å²) < 4.78 is 12.1. The molecule has 24 heavy (non-hydrogen) atoms. The van der Waals surface area contributed by atoms with Crippen molar-refractivity contribution in [3.05, 3.63) is 35.1 Å². The largest absolute Gasteiger partial charge is 0.492 e. The van der Waals surface area contributed by atoms with E-state index in [-0.39, 0.29) is 5.91 Å². The Labute approximate surface area is 142 Å². The molecule has 1 fully saturated rings. The van der Waals surface area contributed by atoms with Crippen LogP contribution in [0, 0.1) is 0 Å². The Balaban J connectivity index is 2.29. The number of carbonyl (C=O) groups is 2. The molecule has 0 saturated carbocycles. The lowest BCUT2D eigenvalue weighted by Crippen LogP contribution is -2.41. The monoisotopic (exact) mass is 330 g/mol. The molecule has 128 valence electrons. The van der Waals surface area contributed by atoms with E-state index in [4.69, 9.17) is 9.31 Å². The van der Waals surface area contributed by atoms with Crippen LogP contribution in [-0.2, 0) is 14.1 Å². The normalized spacial score (nSPS) is 19.2. The highest BCUT2D eigenvalue weighted by atomic mass is 16.7. The van der Waals surface area contributed by atoms with Gasteiger partial charge in [-0.3, -0.25) is 14.6 Å². The number of hydrogen-bond donors (Lipinski definition) is 1. The van der Waals surface area contributed by atoms with Gasteiger partial charge >= 0.3 is 7.12 Å². The number of nitrogens with one attached hydrogen (secondary N) is 1. The minimum atomic E-state index is -0.575. The van der Waals surface area contributed by atoms with E-state index in [9.17, 15) is 9.59 Å². The Morgan fingerprint density at radius 3 is 2.33 bits per heavy atom. The fourth-order valence-corrected chi connectivity index (χ4v) is 2.19. The SMILES string of the molecule is CC(=O)NCC(=Cc1ccc(C=O)cn1)B1OC(C)(C)C(C)(C)O1. The summed E-state index contributed by atoms with van der Waals surface area (Å²) in [4.78, 5) is 26.2. The first-order valence-electron chi connectivity index (χ1n) is 7.86. The van der Waals surface area contributed by atoms with E-state index in [1.165, 1.54) is 13.1 Å². The molecule has 7 heteroatoms. The number of nitrogens with zero attached hydrogens (tertiary/aromatic N) is 1. The lowest BCUT2D eigenvalue weighted by atomic mass is 9.77. The van der Waals surface area contributed by atoms with Crippen molar-refractivity contribution in [2.75, 3.05) is 6.54 Å². The van der Waals surface area contributed by atoms with Gasteiger partial charge in [-0.2, -0.15) is 0 Å². The summed E-state index contributed by atoms with van der Waals surface area (Å²) >= 11 is 0. The van der Waals surface area contributed by atoms with Crippen molar-refractivity contribution in [1.82, 2.24) is 10.3 Å². The molecular formula is C17H23BN2O4. The second kappa shape index (κ2) is 6.87. The Hall–Kier alpha value is -1.99. The van der Waals surface area contributed by atoms with Gasteiger partial charge in [0, 0.05) is 25.2 Å². The fourth-order valence-electron chi connectivity index (χ4n) is 2.19. The molecule has 1 aliphatic heterocycles. The van der Waals surface area contributed by atoms with Crippen molar-refractivity contribution in [3.63, 3.8) is 0 Å². The molecule has 2 heterocycles. The number of amides is 1. The standard InChI is InChI=1S/C17H23BN2O4/c1-12(22)19-10-14(8-15-7-6-13(11-21)9-20-15)18-23-16(2,3)17(4,5)24-18/h6-9,11H,10H2,1-5H3,(H,19,22). The molecule has 2 rings (SSSR count). The van der Waals surface area contributed by atoms with Crippen LogP contribution in [-0.4, -0.2) is 42.0 Å². The molecule has 1 aliphatic rings. The highest BCUT2D eigenvalue weighted by Crippen LogP contribution is 2.38. The number of carbonyl (C=O) groups excluding carboxylic acids is 2. The van der Waals surface area contributed by atoms with Crippen LogP contribution in [0.25, 0.3) is 6.08 Å². The summed E-state index contributed by atoms with van der Waals surface area (Å²) in [5.41, 5.74) is 0.987. The number of pyridine rings is 1. The van der Waals surface area contributed by atoms with Gasteiger partial charge in [-0.05, 0) is 51.4 Å². The fraction of sp³-hybridized carbons (Fsp3) is 0.471. The van der Waals surface area contributed by atoms with Gasteiger partial charge in [0.05, 0.1) is 16.9 Å². The van der Waals surface area contributed by atoms with Crippen LogP contribution in [0.15, 0.2) is 23.8 Å². The summed E-state index contributed by atoms with van der Waals surface area (Å²) in [5, 5.41) is 2.77. The Morgan fingerprint density at radius 2 is 1.88 bits per heavy atom. The van der Waals surface area contributed by atoms with Gasteiger partial charge in [0.1, 0.15) is 0 Å². The number of rotatable bonds is 5. The molecule has 1 N–H and O–H groups in total. The zero-order valence-electron chi connectivity index (χ0n) is 14.8. The van der Waals surface area contributed by atoms with E-state index in [0.717, 1.165) is 11.8 Å². The zero-order chi connectivity index (χ0) is 18.0. The maximum absolute atomic E-state index is 11.3. The lowest BCUT2D eigenvalue weighted by molar-refractivity contribution is -0.118. The summed E-state index contributed by atoms with van der Waals surface area (Å²) in [6, 6.07) is 3.43. The van der Waals surface area contributed by atoms with E-state index in [0.29, 0.717) is 17.8 Å². The van der Waals surface area contributed by atoms with Crippen LogP contribution in [0.3, 0.4) is 0 Å². The summed E-state index contributed by atoms with van der Waals surface area (Å²) in [6.07, 6.45) is 4.05. The third-order valence-electron chi connectivity index (χ3n) is 4.38. The Kier molecular flexibility index (Phi) is 5.25. The van der Waals surface area contributed by atoms with E-state index >= 15 is 0 Å². The predicted octanol–water partition coefficient (Wildman–Crippen LogP) is 2.04. The molecule has 1 amide bonds. The molecule has 0 aromatic carbocycles. The molecule has 6 nitrogen and oxygen atoms in total. The predicted molar refractivity (Wildman–Crippen MR) is 92.4 cm³/mol. The first-order chi connectivity index (χ1) is 11.1. The maximum Gasteiger partial charge on any atom is 0.492 e. The lowest BCUT2D eigenvalue weighted by Gasteiger charge is -2.32. The Bertz CT molecular complexity index is 637. The third-order valence-corrected chi connectivity index (χ3v) is 4.38. The Morgan fingerprint density at radius 1 is 1.25 bits per heavy atom. The number of aromatic nitrogens is 1. The van der Waals surface area contributed by atoms with Crippen molar-refractivity contribution in [2.24, 2.45) is 0 Å². The van der Waals surface area contributed by atoms with Gasteiger partial charge in [-0.1, -0.05) is 0 Å². The van der Waals surface area contributed by atoms with E-state index in [1.54, 1.807) is 12.1 Å². The first-order valence-corrected chi connectivity index (χ1v) is 7.86. The maximum atomic E-state index is 11.3. The van der Waals surface area contributed by atoms with Crippen LogP contribution in [0.4, 0.5) is 0 Å². The average molecular weight is 330 g/mol. The molecule has 0 radical (unpaired) electrons. The minimum absolute atomic E-state index is 0.137. The quantitative estimate of drug-likeness (QED) is 0.660. The van der Waals surface area contributed by atoms with Crippen molar-refractivity contribution in [1.29, 1.82) is 0 Å². The highest BCUT2D eigenvalue weighted by molar-refractivity contribution is 6.56. The van der Waals surface area contributed by atoms with E-state index in [2.05, 4.69) is 10.3 Å². The minimum Gasteiger partial charge on any atom is -0.400 e. The highest BCUT2D eigenvalue weighted by Gasteiger charge is 2.52. The second-order valence-corrected chi connectivity index (χ2v) is 6.85. The van der Waals surface area contributed by atoms with Crippen LogP contribution < -0.4 is 5.32 Å². The van der Waals surface area contributed by atoms with Crippen LogP contribution in [0.5, 0.6) is 0 Å². The molecule has 0 spiro atoms. The zero-order valence-corrected chi connectivity index (χ0v) is 14.8. The average Bonchev–Trinajstić information content (AvgIpc) is 2.72.